The Balaban J connectivity index is 0.000000194. The zero-order valence-corrected chi connectivity index (χ0v) is 53.6. The van der Waals surface area contributed by atoms with E-state index in [0.29, 0.717) is 35.1 Å². The Labute approximate surface area is 512 Å². The van der Waals surface area contributed by atoms with Crippen LogP contribution in [0.15, 0.2) is 152 Å². The molecule has 0 saturated heterocycles. The largest absolute Gasteiger partial charge is 0.352 e. The molecule has 11 rings (SSSR count). The molecule has 19 heteroatoms. The molecule has 0 aliphatic rings. The van der Waals surface area contributed by atoms with Gasteiger partial charge in [-0.05, 0) is 99.7 Å². The van der Waals surface area contributed by atoms with Crippen molar-refractivity contribution in [3.8, 4) is 84.6 Å². The summed E-state index contributed by atoms with van der Waals surface area (Å²) in [5.41, 5.74) is 15.3. The van der Waals surface area contributed by atoms with Crippen molar-refractivity contribution in [2.24, 2.45) is 10.8 Å². The summed E-state index contributed by atoms with van der Waals surface area (Å²) >= 11 is 0. The van der Waals surface area contributed by atoms with Crippen molar-refractivity contribution in [3.05, 3.63) is 198 Å². The second kappa shape index (κ2) is 27.9. The van der Waals surface area contributed by atoms with E-state index in [0.717, 1.165) is 73.7 Å². The van der Waals surface area contributed by atoms with Crippen LogP contribution in [0.2, 0.25) is 0 Å². The van der Waals surface area contributed by atoms with Crippen molar-refractivity contribution in [3.63, 3.8) is 0 Å². The summed E-state index contributed by atoms with van der Waals surface area (Å²) in [5.74, 6) is 1.48. The third kappa shape index (κ3) is 15.2. The number of para-hydroxylation sites is 1. The zero-order valence-electron chi connectivity index (χ0n) is 46.4. The quantitative estimate of drug-likeness (QED) is 0.119. The van der Waals surface area contributed by atoms with E-state index >= 15 is 0 Å². The van der Waals surface area contributed by atoms with Gasteiger partial charge >= 0.3 is 0 Å². The minimum Gasteiger partial charge on any atom is -0.352 e. The van der Waals surface area contributed by atoms with Crippen molar-refractivity contribution < 1.29 is 64.7 Å². The van der Waals surface area contributed by atoms with E-state index in [4.69, 9.17) is 0 Å². The first-order chi connectivity index (χ1) is 37.5. The molecule has 0 N–H and O–H groups in total. The summed E-state index contributed by atoms with van der Waals surface area (Å²) in [6.45, 7) is 22.7. The van der Waals surface area contributed by atoms with Gasteiger partial charge in [-0.2, -0.15) is 15.3 Å². The van der Waals surface area contributed by atoms with E-state index < -0.39 is 0 Å². The molecule has 419 valence electrons. The first-order valence-corrected chi connectivity index (χ1v) is 25.5. The second-order valence-electron chi connectivity index (χ2n) is 21.3. The van der Waals surface area contributed by atoms with Crippen molar-refractivity contribution in [1.82, 2.24) is 75.6 Å². The minimum atomic E-state index is -0.360. The number of hydrogen-bond donors (Lipinski definition) is 0. The van der Waals surface area contributed by atoms with E-state index in [1.165, 1.54) is 29.6 Å². The molecule has 0 saturated carbocycles. The molecule has 15 nitrogen and oxygen atoms in total. The van der Waals surface area contributed by atoms with E-state index in [-0.39, 0.29) is 77.0 Å². The fraction of sp³-hybridized carbons (Fsp3) is 0.226. The normalized spacial score (nSPS) is 11.0. The molecular weight excluding hydrogens is 1550 g/mol. The Kier molecular flexibility index (Phi) is 21.6. The van der Waals surface area contributed by atoms with Crippen LogP contribution in [0.25, 0.3) is 84.6 Å². The maximum atomic E-state index is 14.1. The molecule has 11 aromatic rings. The van der Waals surface area contributed by atoms with Crippen LogP contribution in [-0.2, 0) is 73.4 Å². The maximum Gasteiger partial charge on any atom is 0.104 e. The van der Waals surface area contributed by atoms with Crippen LogP contribution >= 0.6 is 0 Å². The van der Waals surface area contributed by atoms with Gasteiger partial charge in [0, 0.05) is 91.1 Å². The van der Waals surface area contributed by atoms with Gasteiger partial charge in [0.05, 0.1) is 5.69 Å². The zero-order chi connectivity index (χ0) is 55.0. The molecular formula is C62H59FIr3N15-3. The first kappa shape index (κ1) is 62.8. The van der Waals surface area contributed by atoms with Crippen LogP contribution in [-0.4, -0.2) is 75.6 Å². The number of aryl methyl sites for hydroxylation is 4. The van der Waals surface area contributed by atoms with Crippen LogP contribution in [0.3, 0.4) is 0 Å². The topological polar surface area (TPSA) is 169 Å². The summed E-state index contributed by atoms with van der Waals surface area (Å²) in [6, 6.07) is 51.0. The molecule has 5 aromatic heterocycles. The Morgan fingerprint density at radius 2 is 0.975 bits per heavy atom. The summed E-state index contributed by atoms with van der Waals surface area (Å²) in [5, 5.41) is 36.9. The third-order valence-corrected chi connectivity index (χ3v) is 12.5. The molecule has 0 aliphatic heterocycles. The van der Waals surface area contributed by atoms with Gasteiger partial charge in [-0.15, -0.1) is 30.3 Å². The van der Waals surface area contributed by atoms with Gasteiger partial charge in [0.1, 0.15) is 17.5 Å². The molecule has 81 heavy (non-hydrogen) atoms. The molecule has 0 atom stereocenters. The summed E-state index contributed by atoms with van der Waals surface area (Å²) in [6.07, 6.45) is 6.33. The molecule has 0 bridgehead atoms. The molecule has 6 aromatic carbocycles. The standard InChI is InChI=1S/C25H16FN4.C19H22N5.C18H21N6.3Ir/c26-20-15-16-22(23(17-20)19-11-5-2-6-12-19)25-27-28-29-30(25)24-14-8-7-13-21(24)18-9-3-1-4-10-18;1-13-8-6-9-14(2)16(13)17-15(10-7-11-20-17)18-21-22-23-24(18)12-19(3,4)5;1-12-7-6-8-13(2)15(12)16-14(9-19-11-20-16)17-21-22-23-24(17)10-18(3,4)5;;;/h1-15,17H;6-9,11H,12H2,1-5H3;6-8,11H,10H2,1-5H3;;;/q3*-1;;;. The Bertz CT molecular complexity index is 3630. The fourth-order valence-corrected chi connectivity index (χ4v) is 9.15. The van der Waals surface area contributed by atoms with Crippen molar-refractivity contribution in [2.45, 2.75) is 82.3 Å². The Morgan fingerprint density at radius 3 is 1.53 bits per heavy atom. The number of pyridine rings is 1. The van der Waals surface area contributed by atoms with Crippen molar-refractivity contribution in [1.29, 1.82) is 0 Å². The molecule has 0 fully saturated rings. The maximum absolute atomic E-state index is 14.1. The summed E-state index contributed by atoms with van der Waals surface area (Å²) in [4.78, 5) is 13.2. The second-order valence-corrected chi connectivity index (χ2v) is 21.3. The van der Waals surface area contributed by atoms with Gasteiger partial charge in [0.15, 0.2) is 0 Å². The Morgan fingerprint density at radius 1 is 0.494 bits per heavy atom. The fourth-order valence-electron chi connectivity index (χ4n) is 9.15. The smallest absolute Gasteiger partial charge is 0.104 e. The number of nitrogens with zero attached hydrogens (tertiary/aromatic N) is 15. The van der Waals surface area contributed by atoms with Gasteiger partial charge < -0.3 is 15.0 Å². The van der Waals surface area contributed by atoms with Crippen LogP contribution in [0.4, 0.5) is 4.39 Å². The number of benzene rings is 6. The third-order valence-electron chi connectivity index (χ3n) is 12.5. The van der Waals surface area contributed by atoms with E-state index in [1.54, 1.807) is 15.6 Å². The van der Waals surface area contributed by atoms with Gasteiger partial charge in [-0.1, -0.05) is 223 Å². The van der Waals surface area contributed by atoms with Gasteiger partial charge in [-0.3, -0.25) is 13.8 Å². The van der Waals surface area contributed by atoms with Crippen LogP contribution in [0, 0.1) is 62.7 Å². The number of hydrogen-bond acceptors (Lipinski definition) is 12. The first-order valence-electron chi connectivity index (χ1n) is 25.5. The van der Waals surface area contributed by atoms with Crippen molar-refractivity contribution in [2.75, 3.05) is 0 Å². The van der Waals surface area contributed by atoms with Crippen LogP contribution in [0.1, 0.15) is 63.8 Å². The van der Waals surface area contributed by atoms with E-state index in [9.17, 15) is 4.39 Å². The van der Waals surface area contributed by atoms with Crippen LogP contribution < -0.4 is 0 Å². The number of tetrazole rings is 3. The predicted octanol–water partition coefficient (Wildman–Crippen LogP) is 12.7. The summed E-state index contributed by atoms with van der Waals surface area (Å²) < 4.78 is 19.4. The molecule has 0 aliphatic carbocycles. The van der Waals surface area contributed by atoms with E-state index in [2.05, 4.69) is 179 Å². The number of halogens is 1. The van der Waals surface area contributed by atoms with Crippen molar-refractivity contribution >= 4 is 0 Å². The van der Waals surface area contributed by atoms with E-state index in [1.807, 2.05) is 102 Å². The average molecular weight is 1610 g/mol. The van der Waals surface area contributed by atoms with Gasteiger partial charge in [0.25, 0.3) is 0 Å². The van der Waals surface area contributed by atoms with Crippen LogP contribution in [0.5, 0.6) is 0 Å². The SMILES string of the molecule is Cc1cccc(C)c1-c1ncc[c-]c1-c1nnnn1CC(C)(C)C.Cc1cccc(C)c1-c1ncn[c-]c1-c1nnnn1CC(C)(C)C.Fc1c[c-]c(-c2nnnn2-c2ccccc2-c2ccccc2)c(-c2ccccc2)c1.[Ir].[Ir].[Ir]. The average Bonchev–Trinajstić information content (AvgIpc) is 4.21. The molecule has 0 unspecified atom stereocenters. The number of aromatic nitrogens is 15. The molecule has 0 spiro atoms. The Hall–Kier alpha value is -7.36. The molecule has 5 heterocycles. The predicted molar refractivity (Wildman–Crippen MR) is 301 cm³/mol. The minimum absolute atomic E-state index is 0. The molecule has 3 radical (unpaired) electrons. The van der Waals surface area contributed by atoms with Gasteiger partial charge in [-0.25, -0.2) is 4.68 Å². The molecule has 0 amide bonds. The number of rotatable bonds is 10. The monoisotopic (exact) mass is 1610 g/mol. The summed E-state index contributed by atoms with van der Waals surface area (Å²) in [7, 11) is 0. The van der Waals surface area contributed by atoms with Gasteiger partial charge in [0.2, 0.25) is 0 Å².